The molecule has 146 valence electrons. The van der Waals surface area contributed by atoms with Gasteiger partial charge in [-0.05, 0) is 24.6 Å². The van der Waals surface area contributed by atoms with E-state index in [1.54, 1.807) is 44.3 Å². The molecule has 1 aromatic carbocycles. The quantitative estimate of drug-likeness (QED) is 0.268. The minimum atomic E-state index is -0.346. The molecule has 1 saturated heterocycles. The number of nitrogens with zero attached hydrogens (tertiary/aromatic N) is 1. The molecule has 1 aromatic rings. The van der Waals surface area contributed by atoms with Gasteiger partial charge in [-0.1, -0.05) is 48.3 Å². The van der Waals surface area contributed by atoms with E-state index in [-0.39, 0.29) is 19.0 Å². The Morgan fingerprint density at radius 3 is 2.81 bits per heavy atom. The number of carbonyl (C=O) groups excluding carboxylic acids is 1. The second kappa shape index (κ2) is 11.1. The summed E-state index contributed by atoms with van der Waals surface area (Å²) < 4.78 is 21.8. The SMILES string of the molecule is COc1cc(/C=C/C=C/C(=O)N2CCSC2=S)ccc1OCOC(C)OC. The topological polar surface area (TPSA) is 57.2 Å². The highest BCUT2D eigenvalue weighted by Crippen LogP contribution is 2.28. The van der Waals surface area contributed by atoms with Crippen LogP contribution in [-0.4, -0.2) is 54.7 Å². The van der Waals surface area contributed by atoms with Crippen LogP contribution in [0.25, 0.3) is 6.08 Å². The fraction of sp³-hybridized carbons (Fsp3) is 0.368. The van der Waals surface area contributed by atoms with Crippen molar-refractivity contribution in [3.05, 3.63) is 42.0 Å². The molecular weight excluding hydrogens is 386 g/mol. The summed E-state index contributed by atoms with van der Waals surface area (Å²) in [5.74, 6) is 1.92. The smallest absolute Gasteiger partial charge is 0.252 e. The van der Waals surface area contributed by atoms with Crippen molar-refractivity contribution in [3.63, 3.8) is 0 Å². The van der Waals surface area contributed by atoms with Crippen molar-refractivity contribution in [2.75, 3.05) is 33.3 Å². The van der Waals surface area contributed by atoms with Gasteiger partial charge in [-0.2, -0.15) is 0 Å². The highest BCUT2D eigenvalue weighted by atomic mass is 32.2. The van der Waals surface area contributed by atoms with Gasteiger partial charge >= 0.3 is 0 Å². The summed E-state index contributed by atoms with van der Waals surface area (Å²) in [6.45, 7) is 2.51. The maximum absolute atomic E-state index is 12.0. The number of rotatable bonds is 9. The second-order valence-electron chi connectivity index (χ2n) is 5.46. The van der Waals surface area contributed by atoms with E-state index in [1.165, 1.54) is 17.8 Å². The van der Waals surface area contributed by atoms with Crippen LogP contribution >= 0.6 is 24.0 Å². The third-order valence-electron chi connectivity index (χ3n) is 3.70. The van der Waals surface area contributed by atoms with Gasteiger partial charge in [0.2, 0.25) is 0 Å². The van der Waals surface area contributed by atoms with Crippen molar-refractivity contribution in [3.8, 4) is 11.5 Å². The predicted octanol–water partition coefficient (Wildman–Crippen LogP) is 3.47. The Morgan fingerprint density at radius 2 is 2.15 bits per heavy atom. The first kappa shape index (κ1) is 21.4. The molecule has 1 fully saturated rings. The number of thioether (sulfide) groups is 1. The van der Waals surface area contributed by atoms with Gasteiger partial charge in [-0.25, -0.2) is 0 Å². The summed E-state index contributed by atoms with van der Waals surface area (Å²) in [4.78, 5) is 13.6. The zero-order valence-electron chi connectivity index (χ0n) is 15.5. The number of allylic oxidation sites excluding steroid dienone is 2. The number of hydrogen-bond donors (Lipinski definition) is 0. The van der Waals surface area contributed by atoms with E-state index in [1.807, 2.05) is 18.2 Å². The lowest BCUT2D eigenvalue weighted by molar-refractivity contribution is -0.149. The molecule has 6 nitrogen and oxygen atoms in total. The molecule has 2 rings (SSSR count). The molecule has 0 bridgehead atoms. The van der Waals surface area contributed by atoms with Crippen LogP contribution in [-0.2, 0) is 14.3 Å². The average Bonchev–Trinajstić information content (AvgIpc) is 3.11. The summed E-state index contributed by atoms with van der Waals surface area (Å²) in [5, 5.41) is 0. The molecule has 1 heterocycles. The van der Waals surface area contributed by atoms with Gasteiger partial charge in [0.05, 0.1) is 7.11 Å². The second-order valence-corrected chi connectivity index (χ2v) is 7.19. The van der Waals surface area contributed by atoms with Gasteiger partial charge in [0.15, 0.2) is 24.6 Å². The first-order valence-corrected chi connectivity index (χ1v) is 9.72. The van der Waals surface area contributed by atoms with Crippen molar-refractivity contribution < 1.29 is 23.7 Å². The Bertz CT molecular complexity index is 720. The molecule has 0 spiro atoms. The average molecular weight is 410 g/mol. The van der Waals surface area contributed by atoms with Gasteiger partial charge in [0.1, 0.15) is 4.32 Å². The maximum Gasteiger partial charge on any atom is 0.252 e. The highest BCUT2D eigenvalue weighted by molar-refractivity contribution is 8.23. The Kier molecular flexibility index (Phi) is 8.80. The normalized spacial score (nSPS) is 15.7. The number of benzene rings is 1. The van der Waals surface area contributed by atoms with Crippen LogP contribution in [0.15, 0.2) is 36.4 Å². The summed E-state index contributed by atoms with van der Waals surface area (Å²) in [6, 6.07) is 5.53. The monoisotopic (exact) mass is 409 g/mol. The van der Waals surface area contributed by atoms with Gasteiger partial charge in [0, 0.05) is 25.5 Å². The molecule has 0 aliphatic carbocycles. The molecule has 27 heavy (non-hydrogen) atoms. The molecule has 0 radical (unpaired) electrons. The summed E-state index contributed by atoms with van der Waals surface area (Å²) in [5.41, 5.74) is 0.912. The van der Waals surface area contributed by atoms with Crippen molar-refractivity contribution >= 4 is 40.3 Å². The molecule has 1 atom stereocenters. The number of carbonyl (C=O) groups is 1. The maximum atomic E-state index is 12.0. The lowest BCUT2D eigenvalue weighted by atomic mass is 10.2. The van der Waals surface area contributed by atoms with Gasteiger partial charge in [-0.3, -0.25) is 9.69 Å². The minimum absolute atomic E-state index is 0.0576. The van der Waals surface area contributed by atoms with Crippen molar-refractivity contribution in [2.45, 2.75) is 13.2 Å². The van der Waals surface area contributed by atoms with Gasteiger partial charge < -0.3 is 18.9 Å². The number of methoxy groups -OCH3 is 2. The minimum Gasteiger partial charge on any atom is -0.493 e. The van der Waals surface area contributed by atoms with E-state index in [0.717, 1.165) is 11.3 Å². The van der Waals surface area contributed by atoms with E-state index in [2.05, 4.69) is 0 Å². The number of amides is 1. The fourth-order valence-corrected chi connectivity index (χ4v) is 3.37. The lowest BCUT2D eigenvalue weighted by Gasteiger charge is -2.14. The molecule has 0 N–H and O–H groups in total. The number of ether oxygens (including phenoxy) is 4. The Hall–Kier alpha value is -1.87. The largest absolute Gasteiger partial charge is 0.493 e. The van der Waals surface area contributed by atoms with E-state index < -0.39 is 0 Å². The zero-order valence-corrected chi connectivity index (χ0v) is 17.2. The van der Waals surface area contributed by atoms with E-state index in [0.29, 0.717) is 22.4 Å². The van der Waals surface area contributed by atoms with Gasteiger partial charge in [0.25, 0.3) is 5.91 Å². The standard InChI is InChI=1S/C19H23NO5S2/c1-14(22-2)24-13-25-16-9-8-15(12-17(16)23-3)6-4-5-7-18(21)20-10-11-27-19(20)26/h4-9,12,14H,10-11,13H2,1-3H3/b6-4+,7-5+. The number of hydrogen-bond acceptors (Lipinski definition) is 7. The molecule has 8 heteroatoms. The fourth-order valence-electron chi connectivity index (χ4n) is 2.16. The van der Waals surface area contributed by atoms with E-state index in [9.17, 15) is 4.79 Å². The molecule has 1 unspecified atom stereocenters. The summed E-state index contributed by atoms with van der Waals surface area (Å²) >= 11 is 6.66. The molecule has 1 aliphatic rings. The van der Waals surface area contributed by atoms with Crippen molar-refractivity contribution in [1.82, 2.24) is 4.90 Å². The number of thiocarbonyl (C=S) groups is 1. The van der Waals surface area contributed by atoms with Crippen LogP contribution in [0.4, 0.5) is 0 Å². The Morgan fingerprint density at radius 1 is 1.33 bits per heavy atom. The first-order valence-electron chi connectivity index (χ1n) is 8.33. The zero-order chi connectivity index (χ0) is 19.6. The van der Waals surface area contributed by atoms with Crippen LogP contribution in [0.2, 0.25) is 0 Å². The molecule has 0 aromatic heterocycles. The third-order valence-corrected chi connectivity index (χ3v) is 5.13. The molecule has 1 aliphatic heterocycles. The predicted molar refractivity (Wildman–Crippen MR) is 111 cm³/mol. The van der Waals surface area contributed by atoms with Crippen LogP contribution in [0, 0.1) is 0 Å². The third kappa shape index (κ3) is 6.66. The summed E-state index contributed by atoms with van der Waals surface area (Å²) in [6.07, 6.45) is 6.53. The van der Waals surface area contributed by atoms with Crippen molar-refractivity contribution in [2.24, 2.45) is 0 Å². The summed E-state index contributed by atoms with van der Waals surface area (Å²) in [7, 11) is 3.14. The van der Waals surface area contributed by atoms with Crippen LogP contribution in [0.3, 0.4) is 0 Å². The van der Waals surface area contributed by atoms with E-state index >= 15 is 0 Å². The molecule has 1 amide bonds. The highest BCUT2D eigenvalue weighted by Gasteiger charge is 2.21. The van der Waals surface area contributed by atoms with Gasteiger partial charge in [-0.15, -0.1) is 0 Å². The van der Waals surface area contributed by atoms with Crippen molar-refractivity contribution in [1.29, 1.82) is 0 Å². The van der Waals surface area contributed by atoms with Crippen LogP contribution in [0.1, 0.15) is 12.5 Å². The molecular formula is C19H23NO5S2. The first-order chi connectivity index (χ1) is 13.0. The Balaban J connectivity index is 1.92. The Labute approximate surface area is 169 Å². The van der Waals surface area contributed by atoms with Crippen LogP contribution in [0.5, 0.6) is 11.5 Å². The van der Waals surface area contributed by atoms with Crippen LogP contribution < -0.4 is 9.47 Å². The lowest BCUT2D eigenvalue weighted by Crippen LogP contribution is -2.28. The molecule has 0 saturated carbocycles. The van der Waals surface area contributed by atoms with E-state index in [4.69, 9.17) is 31.2 Å².